The van der Waals surface area contributed by atoms with Gasteiger partial charge in [-0.05, 0) is 41.3 Å². The van der Waals surface area contributed by atoms with Crippen molar-refractivity contribution in [3.8, 4) is 6.07 Å². The molecule has 0 bridgehead atoms. The van der Waals surface area contributed by atoms with Gasteiger partial charge >= 0.3 is 0 Å². The van der Waals surface area contributed by atoms with Crippen molar-refractivity contribution in [2.24, 2.45) is 0 Å². The Balaban J connectivity index is 1.95. The van der Waals surface area contributed by atoms with Crippen molar-refractivity contribution in [1.29, 1.82) is 5.26 Å². The van der Waals surface area contributed by atoms with Crippen LogP contribution in [0.25, 0.3) is 6.08 Å². The molecule has 0 saturated carbocycles. The van der Waals surface area contributed by atoms with Gasteiger partial charge in [0.05, 0.1) is 0 Å². The summed E-state index contributed by atoms with van der Waals surface area (Å²) >= 11 is 0. The summed E-state index contributed by atoms with van der Waals surface area (Å²) in [6, 6.07) is 18.1. The first-order chi connectivity index (χ1) is 13.0. The van der Waals surface area contributed by atoms with Crippen LogP contribution in [-0.2, 0) is 17.8 Å². The van der Waals surface area contributed by atoms with E-state index in [2.05, 4.69) is 12.2 Å². The second kappa shape index (κ2) is 9.98. The standard InChI is InChI=1S/C23H25N3O/c1-4-18-8-10-20(11-9-18)17-25-23(27)21(16-24)7-5-6-19-12-14-22(15-13-19)26(2)3/h5-15H,4,17H2,1-3H3,(H,25,27)/b6-5+,21-7+. The number of allylic oxidation sites excluding steroid dienone is 2. The van der Waals surface area contributed by atoms with Crippen LogP contribution in [0.2, 0.25) is 0 Å². The van der Waals surface area contributed by atoms with Crippen molar-refractivity contribution in [3.05, 3.63) is 82.9 Å². The van der Waals surface area contributed by atoms with Crippen molar-refractivity contribution >= 4 is 17.7 Å². The highest BCUT2D eigenvalue weighted by Gasteiger charge is 2.07. The molecule has 2 aromatic carbocycles. The van der Waals surface area contributed by atoms with E-state index in [0.29, 0.717) is 6.54 Å². The summed E-state index contributed by atoms with van der Waals surface area (Å²) in [5.41, 5.74) is 4.47. The highest BCUT2D eigenvalue weighted by molar-refractivity contribution is 5.97. The largest absolute Gasteiger partial charge is 0.378 e. The van der Waals surface area contributed by atoms with Gasteiger partial charge in [0.2, 0.25) is 0 Å². The molecule has 4 nitrogen and oxygen atoms in total. The van der Waals surface area contributed by atoms with E-state index in [-0.39, 0.29) is 11.5 Å². The smallest absolute Gasteiger partial charge is 0.262 e. The first-order valence-corrected chi connectivity index (χ1v) is 8.95. The molecule has 138 valence electrons. The number of nitrogens with one attached hydrogen (secondary N) is 1. The lowest BCUT2D eigenvalue weighted by Crippen LogP contribution is -2.23. The number of carbonyl (C=O) groups is 1. The Kier molecular flexibility index (Phi) is 7.39. The van der Waals surface area contributed by atoms with E-state index in [1.807, 2.05) is 79.7 Å². The Bertz CT molecular complexity index is 854. The van der Waals surface area contributed by atoms with Crippen LogP contribution in [0.15, 0.2) is 66.3 Å². The minimum absolute atomic E-state index is 0.0846. The van der Waals surface area contributed by atoms with Gasteiger partial charge in [-0.15, -0.1) is 0 Å². The molecule has 0 aliphatic rings. The number of nitrogens with zero attached hydrogens (tertiary/aromatic N) is 2. The number of anilines is 1. The van der Waals surface area contributed by atoms with Gasteiger partial charge in [-0.3, -0.25) is 4.79 Å². The van der Waals surface area contributed by atoms with Crippen LogP contribution in [0.3, 0.4) is 0 Å². The molecule has 0 unspecified atom stereocenters. The van der Waals surface area contributed by atoms with Crippen molar-refractivity contribution < 1.29 is 4.79 Å². The van der Waals surface area contributed by atoms with Crippen molar-refractivity contribution in [2.75, 3.05) is 19.0 Å². The molecule has 0 fully saturated rings. The Hall–Kier alpha value is -3.32. The van der Waals surface area contributed by atoms with Crippen LogP contribution in [0, 0.1) is 11.3 Å². The van der Waals surface area contributed by atoms with Gasteiger partial charge in [-0.25, -0.2) is 0 Å². The molecule has 0 aromatic heterocycles. The molecule has 0 aliphatic heterocycles. The lowest BCUT2D eigenvalue weighted by molar-refractivity contribution is -0.117. The molecule has 0 heterocycles. The number of rotatable bonds is 7. The van der Waals surface area contributed by atoms with E-state index in [1.165, 1.54) is 11.6 Å². The van der Waals surface area contributed by atoms with Crippen LogP contribution in [0.4, 0.5) is 5.69 Å². The third-order valence-electron chi connectivity index (χ3n) is 4.21. The Morgan fingerprint density at radius 2 is 1.70 bits per heavy atom. The Morgan fingerprint density at radius 1 is 1.07 bits per heavy atom. The van der Waals surface area contributed by atoms with Gasteiger partial charge in [0.1, 0.15) is 11.6 Å². The first-order valence-electron chi connectivity index (χ1n) is 8.95. The molecule has 0 radical (unpaired) electrons. The topological polar surface area (TPSA) is 56.1 Å². The van der Waals surface area contributed by atoms with Gasteiger partial charge in [0.25, 0.3) is 5.91 Å². The quantitative estimate of drug-likeness (QED) is 0.460. The van der Waals surface area contributed by atoms with Crippen molar-refractivity contribution in [1.82, 2.24) is 5.32 Å². The molecule has 2 aromatic rings. The van der Waals surface area contributed by atoms with Crippen molar-refractivity contribution in [2.45, 2.75) is 19.9 Å². The highest BCUT2D eigenvalue weighted by atomic mass is 16.1. The zero-order chi connectivity index (χ0) is 19.6. The predicted octanol–water partition coefficient (Wildman–Crippen LogP) is 4.09. The molecule has 2 rings (SSSR count). The number of carbonyl (C=O) groups excluding carboxylic acids is 1. The molecule has 1 amide bonds. The molecule has 0 aliphatic carbocycles. The zero-order valence-electron chi connectivity index (χ0n) is 16.1. The summed E-state index contributed by atoms with van der Waals surface area (Å²) in [6.45, 7) is 2.50. The normalized spacial score (nSPS) is 11.3. The van der Waals surface area contributed by atoms with Gasteiger partial charge in [0, 0.05) is 26.3 Å². The van der Waals surface area contributed by atoms with E-state index in [9.17, 15) is 10.1 Å². The molecule has 0 spiro atoms. The van der Waals surface area contributed by atoms with E-state index >= 15 is 0 Å². The summed E-state index contributed by atoms with van der Waals surface area (Å²) in [7, 11) is 3.98. The third-order valence-corrected chi connectivity index (χ3v) is 4.21. The fourth-order valence-corrected chi connectivity index (χ4v) is 2.47. The fraction of sp³-hybridized carbons (Fsp3) is 0.217. The molecular formula is C23H25N3O. The maximum Gasteiger partial charge on any atom is 0.262 e. The predicted molar refractivity (Wildman–Crippen MR) is 111 cm³/mol. The lowest BCUT2D eigenvalue weighted by Gasteiger charge is -2.11. The minimum atomic E-state index is -0.371. The van der Waals surface area contributed by atoms with Crippen LogP contribution < -0.4 is 10.2 Å². The average Bonchev–Trinajstić information content (AvgIpc) is 2.70. The van der Waals surface area contributed by atoms with Crippen LogP contribution >= 0.6 is 0 Å². The summed E-state index contributed by atoms with van der Waals surface area (Å²) in [5, 5.41) is 12.0. The maximum absolute atomic E-state index is 12.2. The van der Waals surface area contributed by atoms with E-state index in [0.717, 1.165) is 23.2 Å². The molecule has 4 heteroatoms. The summed E-state index contributed by atoms with van der Waals surface area (Å²) in [4.78, 5) is 14.2. The Labute approximate surface area is 161 Å². The number of hydrogen-bond acceptors (Lipinski definition) is 3. The SMILES string of the molecule is CCc1ccc(CNC(=O)/C(C#N)=C/C=C/c2ccc(N(C)C)cc2)cc1. The molecule has 0 atom stereocenters. The molecule has 1 N–H and O–H groups in total. The maximum atomic E-state index is 12.2. The number of aryl methyl sites for hydroxylation is 1. The summed E-state index contributed by atoms with van der Waals surface area (Å²) in [5.74, 6) is -0.371. The Morgan fingerprint density at radius 3 is 2.26 bits per heavy atom. The first kappa shape index (κ1) is 20.0. The summed E-state index contributed by atoms with van der Waals surface area (Å²) < 4.78 is 0. The number of amides is 1. The van der Waals surface area contributed by atoms with Crippen LogP contribution in [0.5, 0.6) is 0 Å². The summed E-state index contributed by atoms with van der Waals surface area (Å²) in [6.07, 6.45) is 6.11. The van der Waals surface area contributed by atoms with E-state index in [4.69, 9.17) is 0 Å². The van der Waals surface area contributed by atoms with Gasteiger partial charge in [-0.1, -0.05) is 55.5 Å². The van der Waals surface area contributed by atoms with Crippen molar-refractivity contribution in [3.63, 3.8) is 0 Å². The van der Waals surface area contributed by atoms with Crippen LogP contribution in [0.1, 0.15) is 23.6 Å². The second-order valence-electron chi connectivity index (χ2n) is 6.39. The number of benzene rings is 2. The third kappa shape index (κ3) is 6.16. The van der Waals surface area contributed by atoms with Gasteiger partial charge < -0.3 is 10.2 Å². The van der Waals surface area contributed by atoms with Gasteiger partial charge in [0.15, 0.2) is 0 Å². The monoisotopic (exact) mass is 359 g/mol. The fourth-order valence-electron chi connectivity index (χ4n) is 2.47. The van der Waals surface area contributed by atoms with E-state index in [1.54, 1.807) is 6.08 Å². The molecule has 0 saturated heterocycles. The van der Waals surface area contributed by atoms with E-state index < -0.39 is 0 Å². The number of nitriles is 1. The lowest BCUT2D eigenvalue weighted by atomic mass is 10.1. The van der Waals surface area contributed by atoms with Gasteiger partial charge in [-0.2, -0.15) is 5.26 Å². The van der Waals surface area contributed by atoms with Crippen LogP contribution in [-0.4, -0.2) is 20.0 Å². The minimum Gasteiger partial charge on any atom is -0.378 e. The zero-order valence-corrected chi connectivity index (χ0v) is 16.1. The highest BCUT2D eigenvalue weighted by Crippen LogP contribution is 2.13. The molecule has 27 heavy (non-hydrogen) atoms. The average molecular weight is 359 g/mol. The number of hydrogen-bond donors (Lipinski definition) is 1. The molecular weight excluding hydrogens is 334 g/mol. The second-order valence-corrected chi connectivity index (χ2v) is 6.39.